The molecule has 0 radical (unpaired) electrons. The van der Waals surface area contributed by atoms with E-state index in [1.54, 1.807) is 6.07 Å². The fraction of sp³-hybridized carbons (Fsp3) is 0.333. The standard InChI is InChI=1S/C15H15FN2O3/c1-15(2)7-17-14(20)12(15)18-13(19)10-6-9(16)5-8-3-4-21-11(8)10/h3-6,12H,7H2,1-2H3,(H,17,20)(H,18,19). The van der Waals surface area contributed by atoms with E-state index in [4.69, 9.17) is 4.42 Å². The minimum absolute atomic E-state index is 0.0884. The molecule has 1 saturated heterocycles. The van der Waals surface area contributed by atoms with Crippen LogP contribution < -0.4 is 10.6 Å². The molecule has 1 aliphatic heterocycles. The van der Waals surface area contributed by atoms with Crippen molar-refractivity contribution in [1.82, 2.24) is 10.6 Å². The summed E-state index contributed by atoms with van der Waals surface area (Å²) >= 11 is 0. The van der Waals surface area contributed by atoms with Crippen molar-refractivity contribution < 1.29 is 18.4 Å². The first-order valence-electron chi connectivity index (χ1n) is 6.64. The molecule has 2 aromatic rings. The van der Waals surface area contributed by atoms with E-state index in [1.165, 1.54) is 12.3 Å². The third kappa shape index (κ3) is 2.26. The molecule has 2 amide bonds. The third-order valence-electron chi connectivity index (χ3n) is 3.80. The number of amides is 2. The molecule has 0 saturated carbocycles. The second-order valence-electron chi connectivity index (χ2n) is 5.91. The maximum absolute atomic E-state index is 13.6. The minimum Gasteiger partial charge on any atom is -0.464 e. The molecule has 1 aromatic carbocycles. The van der Waals surface area contributed by atoms with Crippen molar-refractivity contribution in [3.05, 3.63) is 35.8 Å². The summed E-state index contributed by atoms with van der Waals surface area (Å²) in [5, 5.41) is 5.89. The molecule has 1 fully saturated rings. The highest BCUT2D eigenvalue weighted by atomic mass is 19.1. The predicted molar refractivity (Wildman–Crippen MR) is 74.2 cm³/mol. The van der Waals surface area contributed by atoms with Crippen molar-refractivity contribution in [1.29, 1.82) is 0 Å². The summed E-state index contributed by atoms with van der Waals surface area (Å²) < 4.78 is 18.8. The van der Waals surface area contributed by atoms with E-state index in [-0.39, 0.29) is 11.5 Å². The van der Waals surface area contributed by atoms with Gasteiger partial charge in [-0.1, -0.05) is 13.8 Å². The van der Waals surface area contributed by atoms with Gasteiger partial charge in [0.1, 0.15) is 17.4 Å². The van der Waals surface area contributed by atoms with Crippen LogP contribution in [0.4, 0.5) is 4.39 Å². The van der Waals surface area contributed by atoms with E-state index in [2.05, 4.69) is 10.6 Å². The lowest BCUT2D eigenvalue weighted by Gasteiger charge is -2.24. The number of nitrogens with one attached hydrogen (secondary N) is 2. The second-order valence-corrected chi connectivity index (χ2v) is 5.91. The van der Waals surface area contributed by atoms with Crippen molar-refractivity contribution in [3.8, 4) is 0 Å². The van der Waals surface area contributed by atoms with Gasteiger partial charge in [0, 0.05) is 17.3 Å². The molecule has 2 N–H and O–H groups in total. The van der Waals surface area contributed by atoms with E-state index in [9.17, 15) is 14.0 Å². The molecule has 0 bridgehead atoms. The van der Waals surface area contributed by atoms with Gasteiger partial charge in [-0.05, 0) is 18.2 Å². The number of hydrogen-bond donors (Lipinski definition) is 2. The highest BCUT2D eigenvalue weighted by molar-refractivity contribution is 6.06. The Morgan fingerprint density at radius 2 is 2.24 bits per heavy atom. The van der Waals surface area contributed by atoms with Crippen molar-refractivity contribution >= 4 is 22.8 Å². The van der Waals surface area contributed by atoms with E-state index in [1.807, 2.05) is 13.8 Å². The van der Waals surface area contributed by atoms with Crippen LogP contribution in [0.2, 0.25) is 0 Å². The van der Waals surface area contributed by atoms with Crippen LogP contribution in [0.1, 0.15) is 24.2 Å². The quantitative estimate of drug-likeness (QED) is 0.886. The predicted octanol–water partition coefficient (Wildman–Crippen LogP) is 1.83. The molecule has 1 aliphatic rings. The maximum atomic E-state index is 13.6. The molecular weight excluding hydrogens is 275 g/mol. The molecule has 6 heteroatoms. The summed E-state index contributed by atoms with van der Waals surface area (Å²) in [5.74, 6) is -1.28. The van der Waals surface area contributed by atoms with Gasteiger partial charge in [0.15, 0.2) is 0 Å². The van der Waals surface area contributed by atoms with E-state index >= 15 is 0 Å². The lowest BCUT2D eigenvalue weighted by molar-refractivity contribution is -0.121. The molecule has 3 rings (SSSR count). The van der Waals surface area contributed by atoms with Crippen LogP contribution >= 0.6 is 0 Å². The normalized spacial score (nSPS) is 20.5. The van der Waals surface area contributed by atoms with Crippen LogP contribution in [-0.4, -0.2) is 24.4 Å². The Balaban J connectivity index is 1.94. The number of carbonyl (C=O) groups is 2. The summed E-state index contributed by atoms with van der Waals surface area (Å²) in [7, 11) is 0. The number of halogens is 1. The number of rotatable bonds is 2. The van der Waals surface area contributed by atoms with E-state index in [0.717, 1.165) is 6.07 Å². The minimum atomic E-state index is -0.654. The van der Waals surface area contributed by atoms with Gasteiger partial charge in [-0.25, -0.2) is 4.39 Å². The van der Waals surface area contributed by atoms with Gasteiger partial charge < -0.3 is 15.1 Å². The monoisotopic (exact) mass is 290 g/mol. The highest BCUT2D eigenvalue weighted by Crippen LogP contribution is 2.26. The maximum Gasteiger partial charge on any atom is 0.255 e. The van der Waals surface area contributed by atoms with Gasteiger partial charge in [0.25, 0.3) is 5.91 Å². The smallest absolute Gasteiger partial charge is 0.255 e. The second kappa shape index (κ2) is 4.58. The number of benzene rings is 1. The summed E-state index contributed by atoms with van der Waals surface area (Å²) in [4.78, 5) is 24.2. The molecule has 0 aliphatic carbocycles. The number of fused-ring (bicyclic) bond motifs is 1. The van der Waals surface area contributed by atoms with Crippen LogP contribution in [0.15, 0.2) is 28.9 Å². The lowest BCUT2D eigenvalue weighted by atomic mass is 9.87. The zero-order valence-corrected chi connectivity index (χ0v) is 11.7. The van der Waals surface area contributed by atoms with Gasteiger partial charge in [0.2, 0.25) is 5.91 Å². The van der Waals surface area contributed by atoms with Gasteiger partial charge in [0.05, 0.1) is 11.8 Å². The molecule has 110 valence electrons. The summed E-state index contributed by atoms with van der Waals surface area (Å²) in [5.41, 5.74) is -0.00173. The van der Waals surface area contributed by atoms with E-state index < -0.39 is 23.2 Å². The fourth-order valence-corrected chi connectivity index (χ4v) is 2.56. The summed E-state index contributed by atoms with van der Waals surface area (Å²) in [6.07, 6.45) is 1.40. The molecule has 5 nitrogen and oxygen atoms in total. The molecule has 0 spiro atoms. The lowest BCUT2D eigenvalue weighted by Crippen LogP contribution is -2.46. The van der Waals surface area contributed by atoms with Crippen molar-refractivity contribution in [3.63, 3.8) is 0 Å². The van der Waals surface area contributed by atoms with Crippen LogP contribution in [0.5, 0.6) is 0 Å². The van der Waals surface area contributed by atoms with Gasteiger partial charge in [-0.2, -0.15) is 0 Å². The molecule has 21 heavy (non-hydrogen) atoms. The SMILES string of the molecule is CC1(C)CNC(=O)C1NC(=O)c1cc(F)cc2ccoc12. The Morgan fingerprint density at radius 3 is 2.90 bits per heavy atom. The van der Waals surface area contributed by atoms with Gasteiger partial charge in [-0.15, -0.1) is 0 Å². The van der Waals surface area contributed by atoms with Crippen molar-refractivity contribution in [2.45, 2.75) is 19.9 Å². The average Bonchev–Trinajstić information content (AvgIpc) is 2.97. The van der Waals surface area contributed by atoms with Crippen LogP contribution in [0.25, 0.3) is 11.0 Å². The fourth-order valence-electron chi connectivity index (χ4n) is 2.56. The average molecular weight is 290 g/mol. The highest BCUT2D eigenvalue weighted by Gasteiger charge is 2.42. The Hall–Kier alpha value is -2.37. The summed E-state index contributed by atoms with van der Waals surface area (Å²) in [6, 6.07) is 3.34. The van der Waals surface area contributed by atoms with Crippen LogP contribution in [-0.2, 0) is 4.79 Å². The summed E-state index contributed by atoms with van der Waals surface area (Å²) in [6.45, 7) is 4.24. The Bertz CT molecular complexity index is 736. The first kappa shape index (κ1) is 13.6. The Labute approximate surface area is 120 Å². The third-order valence-corrected chi connectivity index (χ3v) is 3.80. The molecule has 1 unspecified atom stereocenters. The number of furan rings is 1. The first-order valence-corrected chi connectivity index (χ1v) is 6.64. The molecular formula is C15H15FN2O3. The van der Waals surface area contributed by atoms with Crippen molar-refractivity contribution in [2.24, 2.45) is 5.41 Å². The van der Waals surface area contributed by atoms with Gasteiger partial charge >= 0.3 is 0 Å². The van der Waals surface area contributed by atoms with Crippen LogP contribution in [0, 0.1) is 11.2 Å². The molecule has 1 atom stereocenters. The zero-order valence-electron chi connectivity index (χ0n) is 11.7. The largest absolute Gasteiger partial charge is 0.464 e. The number of carbonyl (C=O) groups excluding carboxylic acids is 2. The topological polar surface area (TPSA) is 71.3 Å². The Morgan fingerprint density at radius 1 is 1.48 bits per heavy atom. The van der Waals surface area contributed by atoms with Crippen LogP contribution in [0.3, 0.4) is 0 Å². The van der Waals surface area contributed by atoms with Gasteiger partial charge in [-0.3, -0.25) is 9.59 Å². The van der Waals surface area contributed by atoms with Crippen molar-refractivity contribution in [2.75, 3.05) is 6.54 Å². The molecule has 1 aromatic heterocycles. The molecule has 2 heterocycles. The Kier molecular flexibility index (Phi) is 2.97. The first-order chi connectivity index (χ1) is 9.88. The van der Waals surface area contributed by atoms with E-state index in [0.29, 0.717) is 17.5 Å². The number of hydrogen-bond acceptors (Lipinski definition) is 3. The zero-order chi connectivity index (χ0) is 15.2.